The maximum absolute atomic E-state index is 11.7. The molecule has 4 nitrogen and oxygen atoms in total. The van der Waals surface area contributed by atoms with Crippen molar-refractivity contribution in [1.82, 2.24) is 15.5 Å². The lowest BCUT2D eigenvalue weighted by molar-refractivity contribution is -0.122. The van der Waals surface area contributed by atoms with Crippen molar-refractivity contribution in [2.75, 3.05) is 26.7 Å². The number of nitrogens with zero attached hydrogens (tertiary/aromatic N) is 1. The zero-order valence-corrected chi connectivity index (χ0v) is 12.2. The summed E-state index contributed by atoms with van der Waals surface area (Å²) in [6.45, 7) is 6.79. The predicted octanol–water partition coefficient (Wildman–Crippen LogP) is 1.37. The van der Waals surface area contributed by atoms with E-state index in [0.29, 0.717) is 12.6 Å². The molecule has 0 aliphatic carbocycles. The molecular formula is C14H29N3O. The van der Waals surface area contributed by atoms with E-state index in [1.807, 2.05) is 14.0 Å². The Kier molecular flexibility index (Phi) is 7.28. The third-order valence-electron chi connectivity index (χ3n) is 3.70. The molecule has 1 aliphatic heterocycles. The lowest BCUT2D eigenvalue weighted by Gasteiger charge is -2.26. The number of nitrogens with one attached hydrogen (secondary N) is 2. The topological polar surface area (TPSA) is 44.4 Å². The minimum Gasteiger partial charge on any atom is -0.353 e. The largest absolute Gasteiger partial charge is 0.353 e. The molecular weight excluding hydrogens is 226 g/mol. The van der Waals surface area contributed by atoms with Gasteiger partial charge in [-0.05, 0) is 52.7 Å². The highest BCUT2D eigenvalue weighted by Crippen LogP contribution is 2.10. The van der Waals surface area contributed by atoms with Crippen molar-refractivity contribution in [2.45, 2.75) is 58.0 Å². The molecule has 106 valence electrons. The second kappa shape index (κ2) is 8.48. The average Bonchev–Trinajstić information content (AvgIpc) is 2.37. The third kappa shape index (κ3) is 6.36. The van der Waals surface area contributed by atoms with Crippen molar-refractivity contribution in [3.63, 3.8) is 0 Å². The van der Waals surface area contributed by atoms with Gasteiger partial charge in [-0.2, -0.15) is 0 Å². The van der Waals surface area contributed by atoms with Crippen LogP contribution in [0.5, 0.6) is 0 Å². The Hall–Kier alpha value is -0.610. The molecule has 1 saturated heterocycles. The number of carbonyl (C=O) groups excluding carboxylic acids is 1. The van der Waals surface area contributed by atoms with Gasteiger partial charge in [0.1, 0.15) is 0 Å². The van der Waals surface area contributed by atoms with E-state index < -0.39 is 0 Å². The maximum atomic E-state index is 11.7. The molecule has 0 spiro atoms. The van der Waals surface area contributed by atoms with E-state index in [4.69, 9.17) is 0 Å². The van der Waals surface area contributed by atoms with E-state index in [9.17, 15) is 4.79 Å². The zero-order valence-electron chi connectivity index (χ0n) is 12.2. The third-order valence-corrected chi connectivity index (χ3v) is 3.70. The highest BCUT2D eigenvalue weighted by Gasteiger charge is 2.14. The summed E-state index contributed by atoms with van der Waals surface area (Å²) >= 11 is 0. The first-order chi connectivity index (χ1) is 8.61. The van der Waals surface area contributed by atoms with Gasteiger partial charge in [-0.1, -0.05) is 13.3 Å². The van der Waals surface area contributed by atoms with Gasteiger partial charge < -0.3 is 10.6 Å². The van der Waals surface area contributed by atoms with Gasteiger partial charge in [-0.25, -0.2) is 0 Å². The Morgan fingerprint density at radius 3 is 2.89 bits per heavy atom. The zero-order chi connectivity index (χ0) is 13.4. The highest BCUT2D eigenvalue weighted by molar-refractivity contribution is 5.78. The number of amides is 1. The molecule has 2 unspecified atom stereocenters. The number of hydrogen-bond donors (Lipinski definition) is 2. The number of likely N-dealkylation sites (N-methyl/N-ethyl adjacent to an activating group) is 1. The smallest absolute Gasteiger partial charge is 0.234 e. The van der Waals surface area contributed by atoms with E-state index in [2.05, 4.69) is 22.5 Å². The van der Waals surface area contributed by atoms with Crippen LogP contribution in [0, 0.1) is 0 Å². The van der Waals surface area contributed by atoms with Crippen LogP contribution in [0.1, 0.15) is 46.0 Å². The number of hydrogen-bond acceptors (Lipinski definition) is 3. The summed E-state index contributed by atoms with van der Waals surface area (Å²) < 4.78 is 0. The Balaban J connectivity index is 2.12. The maximum Gasteiger partial charge on any atom is 0.234 e. The van der Waals surface area contributed by atoms with E-state index in [1.54, 1.807) is 0 Å². The van der Waals surface area contributed by atoms with Crippen LogP contribution in [0.4, 0.5) is 0 Å². The quantitative estimate of drug-likeness (QED) is 0.722. The molecule has 2 atom stereocenters. The first-order valence-corrected chi connectivity index (χ1v) is 7.33. The first kappa shape index (κ1) is 15.4. The monoisotopic (exact) mass is 255 g/mol. The summed E-state index contributed by atoms with van der Waals surface area (Å²) in [6, 6.07) is 0.935. The van der Waals surface area contributed by atoms with E-state index in [1.165, 1.54) is 19.3 Å². The molecule has 1 aliphatic rings. The Bertz CT molecular complexity index is 239. The molecule has 4 heteroatoms. The molecule has 0 radical (unpaired) electrons. The summed E-state index contributed by atoms with van der Waals surface area (Å²) in [6.07, 6.45) is 6.07. The Morgan fingerprint density at radius 2 is 2.28 bits per heavy atom. The standard InChI is InChI=1S/C14H29N3O/c1-4-12(2)16-14(18)11-17(3)10-8-13-7-5-6-9-15-13/h12-13,15H,4-11H2,1-3H3,(H,16,18). The van der Waals surface area contributed by atoms with E-state index in [-0.39, 0.29) is 11.9 Å². The van der Waals surface area contributed by atoms with E-state index >= 15 is 0 Å². The molecule has 0 aromatic carbocycles. The van der Waals surface area contributed by atoms with Crippen LogP contribution in [0.3, 0.4) is 0 Å². The van der Waals surface area contributed by atoms with Gasteiger partial charge in [0.2, 0.25) is 5.91 Å². The fourth-order valence-electron chi connectivity index (χ4n) is 2.29. The van der Waals surface area contributed by atoms with Gasteiger partial charge in [0.05, 0.1) is 6.54 Å². The molecule has 1 rings (SSSR count). The highest BCUT2D eigenvalue weighted by atomic mass is 16.2. The van der Waals surface area contributed by atoms with Gasteiger partial charge in [0.25, 0.3) is 0 Å². The van der Waals surface area contributed by atoms with Crippen molar-refractivity contribution in [3.8, 4) is 0 Å². The normalized spacial score (nSPS) is 21.9. The lowest BCUT2D eigenvalue weighted by atomic mass is 10.0. The molecule has 0 aromatic heterocycles. The molecule has 1 amide bonds. The minimum atomic E-state index is 0.142. The summed E-state index contributed by atoms with van der Waals surface area (Å²) in [7, 11) is 2.03. The van der Waals surface area contributed by atoms with E-state index in [0.717, 1.165) is 25.9 Å². The average molecular weight is 255 g/mol. The lowest BCUT2D eigenvalue weighted by Crippen LogP contribution is -2.41. The molecule has 1 fully saturated rings. The molecule has 0 bridgehead atoms. The second-order valence-electron chi connectivity index (χ2n) is 5.55. The van der Waals surface area contributed by atoms with Crippen LogP contribution in [-0.4, -0.2) is 49.6 Å². The molecule has 2 N–H and O–H groups in total. The second-order valence-corrected chi connectivity index (χ2v) is 5.55. The number of piperidine rings is 1. The van der Waals surface area contributed by atoms with Gasteiger partial charge in [-0.15, -0.1) is 0 Å². The van der Waals surface area contributed by atoms with Gasteiger partial charge in [0.15, 0.2) is 0 Å². The Labute approximate surface area is 111 Å². The summed E-state index contributed by atoms with van der Waals surface area (Å²) in [5, 5.41) is 6.54. The summed E-state index contributed by atoms with van der Waals surface area (Å²) in [5.41, 5.74) is 0. The van der Waals surface area contributed by atoms with Crippen molar-refractivity contribution < 1.29 is 4.79 Å². The summed E-state index contributed by atoms with van der Waals surface area (Å²) in [5.74, 6) is 0.142. The van der Waals surface area contributed by atoms with Crippen molar-refractivity contribution >= 4 is 5.91 Å². The Morgan fingerprint density at radius 1 is 1.50 bits per heavy atom. The van der Waals surface area contributed by atoms with Crippen molar-refractivity contribution in [3.05, 3.63) is 0 Å². The fraction of sp³-hybridized carbons (Fsp3) is 0.929. The van der Waals surface area contributed by atoms with Crippen LogP contribution in [0.2, 0.25) is 0 Å². The van der Waals surface area contributed by atoms with Crippen molar-refractivity contribution in [2.24, 2.45) is 0 Å². The molecule has 0 aromatic rings. The van der Waals surface area contributed by atoms with Gasteiger partial charge >= 0.3 is 0 Å². The molecule has 1 heterocycles. The first-order valence-electron chi connectivity index (χ1n) is 7.33. The van der Waals surface area contributed by atoms with Crippen LogP contribution in [-0.2, 0) is 4.79 Å². The SMILES string of the molecule is CCC(C)NC(=O)CN(C)CCC1CCCCN1. The number of rotatable bonds is 7. The summed E-state index contributed by atoms with van der Waals surface area (Å²) in [4.78, 5) is 13.8. The van der Waals surface area contributed by atoms with Gasteiger partial charge in [-0.3, -0.25) is 9.69 Å². The van der Waals surface area contributed by atoms with Crippen LogP contribution in [0.25, 0.3) is 0 Å². The predicted molar refractivity (Wildman–Crippen MR) is 75.7 cm³/mol. The molecule has 18 heavy (non-hydrogen) atoms. The number of carbonyl (C=O) groups is 1. The van der Waals surface area contributed by atoms with Gasteiger partial charge in [0, 0.05) is 12.1 Å². The minimum absolute atomic E-state index is 0.142. The van der Waals surface area contributed by atoms with Crippen LogP contribution >= 0.6 is 0 Å². The molecule has 0 saturated carbocycles. The van der Waals surface area contributed by atoms with Crippen LogP contribution < -0.4 is 10.6 Å². The van der Waals surface area contributed by atoms with Crippen molar-refractivity contribution in [1.29, 1.82) is 0 Å². The fourth-order valence-corrected chi connectivity index (χ4v) is 2.29. The van der Waals surface area contributed by atoms with Crippen LogP contribution in [0.15, 0.2) is 0 Å².